The number of rotatable bonds is 6. The summed E-state index contributed by atoms with van der Waals surface area (Å²) in [7, 11) is 1.57. The van der Waals surface area contributed by atoms with E-state index in [1.807, 2.05) is 62.4 Å². The number of hydrogen-bond donors (Lipinski definition) is 2. The number of hydrogen-bond acceptors (Lipinski definition) is 5. The maximum absolute atomic E-state index is 15.4. The summed E-state index contributed by atoms with van der Waals surface area (Å²) in [5, 5.41) is 6.36. The highest BCUT2D eigenvalue weighted by Gasteiger charge is 2.42. The Morgan fingerprint density at radius 3 is 2.59 bits per heavy atom. The van der Waals surface area contributed by atoms with Crippen molar-refractivity contribution in [2.24, 2.45) is 5.41 Å². The van der Waals surface area contributed by atoms with Crippen LogP contribution < -0.4 is 20.3 Å². The molecule has 1 amide bonds. The van der Waals surface area contributed by atoms with Crippen molar-refractivity contribution >= 4 is 23.1 Å². The predicted octanol–water partition coefficient (Wildman–Crippen LogP) is 5.91. The fraction of sp³-hybridized carbons (Fsp3) is 0.290. The molecule has 6 nitrogen and oxygen atoms in total. The smallest absolute Gasteiger partial charge is 0.239 e. The molecule has 2 aliphatic rings. The van der Waals surface area contributed by atoms with Gasteiger partial charge >= 0.3 is 0 Å². The molecule has 1 aliphatic heterocycles. The molecule has 0 spiro atoms. The number of anilines is 2. The van der Waals surface area contributed by atoms with Gasteiger partial charge in [-0.3, -0.25) is 9.59 Å². The van der Waals surface area contributed by atoms with Crippen molar-refractivity contribution in [2.45, 2.75) is 39.3 Å². The molecule has 0 aromatic heterocycles. The van der Waals surface area contributed by atoms with Gasteiger partial charge in [0.25, 0.3) is 0 Å². The molecule has 0 bridgehead atoms. The second-order valence-electron chi connectivity index (χ2n) is 10.8. The van der Waals surface area contributed by atoms with E-state index < -0.39 is 17.7 Å². The molecule has 39 heavy (non-hydrogen) atoms. The van der Waals surface area contributed by atoms with Crippen LogP contribution in [0, 0.1) is 17.0 Å². The van der Waals surface area contributed by atoms with Gasteiger partial charge in [-0.1, -0.05) is 50.2 Å². The normalized spacial score (nSPS) is 18.0. The Kier molecular flexibility index (Phi) is 7.12. The number of nitrogens with one attached hydrogen (secondary N) is 2. The molecule has 0 saturated heterocycles. The van der Waals surface area contributed by atoms with Gasteiger partial charge in [-0.15, -0.1) is 0 Å². The van der Waals surface area contributed by atoms with E-state index >= 15 is 4.39 Å². The number of carbonyl (C=O) groups excluding carboxylic acids is 2. The van der Waals surface area contributed by atoms with Gasteiger partial charge < -0.3 is 20.3 Å². The third-order valence-corrected chi connectivity index (χ3v) is 7.24. The van der Waals surface area contributed by atoms with Crippen LogP contribution in [0.4, 0.5) is 20.2 Å². The average molecular weight is 532 g/mol. The van der Waals surface area contributed by atoms with Crippen molar-refractivity contribution in [1.29, 1.82) is 0 Å². The van der Waals surface area contributed by atoms with E-state index in [9.17, 15) is 14.0 Å². The number of methoxy groups -OCH3 is 1. The number of Topliss-reactive ketones (excluding diaryl/α,β-unsaturated/α-hetero) is 1. The van der Waals surface area contributed by atoms with E-state index in [1.165, 1.54) is 12.1 Å². The van der Waals surface area contributed by atoms with Crippen LogP contribution >= 0.6 is 0 Å². The first-order chi connectivity index (χ1) is 18.7. The lowest BCUT2D eigenvalue weighted by Gasteiger charge is -2.38. The number of carbonyl (C=O) groups is 2. The monoisotopic (exact) mass is 531 g/mol. The second-order valence-corrected chi connectivity index (χ2v) is 10.8. The standard InChI is InChI=1S/C31H31F2N3O3/c1-31(2)15-24-29(26(37)16-31)30(21-13-12-20(32)14-22(21)33)36(25-10-6-5-9-23(25)35-24)18-28(38)34-17-19-8-4-7-11-27(19)39-3/h4-14,30,35H,15-18H2,1-3H3,(H,34,38). The molecule has 0 radical (unpaired) electrons. The van der Waals surface area contributed by atoms with Gasteiger partial charge in [0, 0.05) is 41.4 Å². The Balaban J connectivity index is 1.59. The number of halogens is 2. The van der Waals surface area contributed by atoms with E-state index in [2.05, 4.69) is 10.6 Å². The maximum atomic E-state index is 15.4. The first kappa shape index (κ1) is 26.4. The third kappa shape index (κ3) is 5.37. The first-order valence-corrected chi connectivity index (χ1v) is 12.9. The molecule has 1 unspecified atom stereocenters. The first-order valence-electron chi connectivity index (χ1n) is 12.9. The molecule has 202 valence electrons. The SMILES string of the molecule is COc1ccccc1CNC(=O)CN1c2ccccc2NC2=C(C(=O)CC(C)(C)C2)C1c1ccc(F)cc1F. The van der Waals surface area contributed by atoms with E-state index in [0.29, 0.717) is 34.8 Å². The number of nitrogens with zero attached hydrogens (tertiary/aromatic N) is 1. The van der Waals surface area contributed by atoms with Gasteiger partial charge in [-0.2, -0.15) is 0 Å². The van der Waals surface area contributed by atoms with Crippen molar-refractivity contribution < 1.29 is 23.1 Å². The van der Waals surface area contributed by atoms with Crippen LogP contribution in [0.15, 0.2) is 78.0 Å². The third-order valence-electron chi connectivity index (χ3n) is 7.24. The molecular weight excluding hydrogens is 500 g/mol. The maximum Gasteiger partial charge on any atom is 0.239 e. The van der Waals surface area contributed by atoms with Crippen LogP contribution in [0.25, 0.3) is 0 Å². The summed E-state index contributed by atoms with van der Waals surface area (Å²) in [5.41, 5.74) is 3.07. The van der Waals surface area contributed by atoms with Crippen LogP contribution in [0.1, 0.15) is 43.9 Å². The van der Waals surface area contributed by atoms with Crippen molar-refractivity contribution in [3.8, 4) is 5.75 Å². The van der Waals surface area contributed by atoms with E-state index in [4.69, 9.17) is 4.74 Å². The van der Waals surface area contributed by atoms with Crippen LogP contribution in [0.5, 0.6) is 5.75 Å². The summed E-state index contributed by atoms with van der Waals surface area (Å²) >= 11 is 0. The quantitative estimate of drug-likeness (QED) is 0.414. The summed E-state index contributed by atoms with van der Waals surface area (Å²) in [6.45, 7) is 4.10. The summed E-state index contributed by atoms with van der Waals surface area (Å²) in [6, 6.07) is 17.2. The molecule has 2 N–H and O–H groups in total. The largest absolute Gasteiger partial charge is 0.496 e. The van der Waals surface area contributed by atoms with E-state index in [1.54, 1.807) is 12.0 Å². The molecule has 1 aliphatic carbocycles. The van der Waals surface area contributed by atoms with Crippen molar-refractivity contribution in [3.05, 3.63) is 101 Å². The molecule has 0 saturated carbocycles. The lowest BCUT2D eigenvalue weighted by molar-refractivity contribution is -0.121. The molecule has 3 aromatic rings. The molecule has 0 fully saturated rings. The van der Waals surface area contributed by atoms with Gasteiger partial charge in [0.05, 0.1) is 31.1 Å². The summed E-state index contributed by atoms with van der Waals surface area (Å²) in [4.78, 5) is 28.8. The van der Waals surface area contributed by atoms with Gasteiger partial charge in [0.2, 0.25) is 5.91 Å². The highest BCUT2D eigenvalue weighted by Crippen LogP contribution is 2.48. The molecule has 1 atom stereocenters. The Morgan fingerprint density at radius 2 is 1.82 bits per heavy atom. The van der Waals surface area contributed by atoms with Gasteiger partial charge in [0.1, 0.15) is 17.4 Å². The summed E-state index contributed by atoms with van der Waals surface area (Å²) in [5.74, 6) is -1.29. The van der Waals surface area contributed by atoms with Crippen molar-refractivity contribution in [1.82, 2.24) is 5.32 Å². The van der Waals surface area contributed by atoms with Gasteiger partial charge in [-0.25, -0.2) is 8.78 Å². The Labute approximate surface area is 226 Å². The number of fused-ring (bicyclic) bond motifs is 1. The summed E-state index contributed by atoms with van der Waals surface area (Å²) < 4.78 is 34.8. The van der Waals surface area contributed by atoms with Gasteiger partial charge in [0.15, 0.2) is 5.78 Å². The predicted molar refractivity (Wildman–Crippen MR) is 146 cm³/mol. The summed E-state index contributed by atoms with van der Waals surface area (Å²) in [6.07, 6.45) is 0.840. The van der Waals surface area contributed by atoms with E-state index in [-0.39, 0.29) is 42.2 Å². The Bertz CT molecular complexity index is 1470. The number of allylic oxidation sites excluding steroid dienone is 1. The minimum atomic E-state index is -0.933. The minimum absolute atomic E-state index is 0.130. The number of para-hydroxylation sites is 3. The minimum Gasteiger partial charge on any atom is -0.496 e. The number of ether oxygens (including phenoxy) is 1. The number of ketones is 1. The average Bonchev–Trinajstić information content (AvgIpc) is 3.01. The zero-order chi connectivity index (χ0) is 27.7. The Morgan fingerprint density at radius 1 is 1.08 bits per heavy atom. The van der Waals surface area contributed by atoms with Crippen LogP contribution in [-0.2, 0) is 16.1 Å². The Hall–Kier alpha value is -4.20. The van der Waals surface area contributed by atoms with Crippen LogP contribution in [0.3, 0.4) is 0 Å². The topological polar surface area (TPSA) is 70.7 Å². The highest BCUT2D eigenvalue weighted by molar-refractivity contribution is 6.01. The zero-order valence-electron chi connectivity index (χ0n) is 22.2. The zero-order valence-corrected chi connectivity index (χ0v) is 22.2. The number of benzene rings is 3. The molecule has 3 aromatic carbocycles. The lowest BCUT2D eigenvalue weighted by atomic mass is 9.73. The fourth-order valence-electron chi connectivity index (χ4n) is 5.53. The van der Waals surface area contributed by atoms with Crippen molar-refractivity contribution in [2.75, 3.05) is 23.9 Å². The number of amides is 1. The van der Waals surface area contributed by atoms with Crippen LogP contribution in [0.2, 0.25) is 0 Å². The molecule has 8 heteroatoms. The van der Waals surface area contributed by atoms with Crippen molar-refractivity contribution in [3.63, 3.8) is 0 Å². The van der Waals surface area contributed by atoms with Gasteiger partial charge in [-0.05, 0) is 36.1 Å². The molecular formula is C31H31F2N3O3. The second kappa shape index (κ2) is 10.5. The fourth-order valence-corrected chi connectivity index (χ4v) is 5.53. The molecule has 5 rings (SSSR count). The van der Waals surface area contributed by atoms with E-state index in [0.717, 1.165) is 11.6 Å². The lowest BCUT2D eigenvalue weighted by Crippen LogP contribution is -2.42. The highest BCUT2D eigenvalue weighted by atomic mass is 19.1. The van der Waals surface area contributed by atoms with Crippen LogP contribution in [-0.4, -0.2) is 25.3 Å². The molecule has 1 heterocycles.